The van der Waals surface area contributed by atoms with Gasteiger partial charge in [0.1, 0.15) is 12.2 Å². The maximum absolute atomic E-state index is 12.3. The van der Waals surface area contributed by atoms with E-state index in [1.54, 1.807) is 13.8 Å². The Bertz CT molecular complexity index is 1010. The zero-order chi connectivity index (χ0) is 22.9. The van der Waals surface area contributed by atoms with Crippen molar-refractivity contribution in [3.63, 3.8) is 0 Å². The van der Waals surface area contributed by atoms with Crippen LogP contribution in [0.25, 0.3) is 0 Å². The molecule has 0 unspecified atom stereocenters. The fourth-order valence-electron chi connectivity index (χ4n) is 3.29. The van der Waals surface area contributed by atoms with Gasteiger partial charge in [0.05, 0.1) is 18.0 Å². The zero-order valence-electron chi connectivity index (χ0n) is 17.0. The number of hydrogen-bond acceptors (Lipinski definition) is 8. The van der Waals surface area contributed by atoms with Gasteiger partial charge >= 0.3 is 13.3 Å². The minimum absolute atomic E-state index is 0.132. The van der Waals surface area contributed by atoms with E-state index in [4.69, 9.17) is 24.0 Å². The molecule has 2 rings (SSSR count). The first-order chi connectivity index (χ1) is 13.7. The average molecular weight is 470 g/mol. The lowest BCUT2D eigenvalue weighted by Crippen LogP contribution is -2.41. The number of aromatic nitrogens is 2. The maximum Gasteiger partial charge on any atom is 0.340 e. The molecule has 1 fully saturated rings. The van der Waals surface area contributed by atoms with Gasteiger partial charge in [0.2, 0.25) is 0 Å². The van der Waals surface area contributed by atoms with Crippen LogP contribution in [0.1, 0.15) is 32.1 Å². The molecule has 0 aromatic carbocycles. The molecule has 0 radical (unpaired) electrons. The van der Waals surface area contributed by atoms with Gasteiger partial charge in [-0.25, -0.2) is 13.2 Å². The summed E-state index contributed by atoms with van der Waals surface area (Å²) in [6.45, 7) is 5.04. The van der Waals surface area contributed by atoms with Crippen LogP contribution >= 0.6 is 7.60 Å². The number of nitrogens with one attached hydrogen (secondary N) is 1. The van der Waals surface area contributed by atoms with Gasteiger partial charge in [0.25, 0.3) is 5.56 Å². The second-order valence-corrected chi connectivity index (χ2v) is 11.7. The molecule has 0 aliphatic carbocycles. The van der Waals surface area contributed by atoms with Crippen LogP contribution in [0.15, 0.2) is 15.8 Å². The average Bonchev–Trinajstić information content (AvgIpc) is 2.91. The largest absolute Gasteiger partial charge is 0.374 e. The van der Waals surface area contributed by atoms with Gasteiger partial charge < -0.3 is 24.0 Å². The van der Waals surface area contributed by atoms with Crippen LogP contribution in [-0.4, -0.2) is 70.5 Å². The van der Waals surface area contributed by atoms with Crippen LogP contribution in [0, 0.1) is 6.92 Å². The second-order valence-electron chi connectivity index (χ2n) is 7.42. The summed E-state index contributed by atoms with van der Waals surface area (Å²) in [7, 11) is -7.42. The highest BCUT2D eigenvalue weighted by molar-refractivity contribution is 7.97. The molecular weight excluding hydrogens is 443 g/mol. The first-order valence-electron chi connectivity index (χ1n) is 9.15. The molecule has 3 N–H and O–H groups in total. The Kier molecular flexibility index (Phi) is 7.83. The number of sulfone groups is 1. The van der Waals surface area contributed by atoms with Gasteiger partial charge in [0, 0.05) is 18.9 Å². The van der Waals surface area contributed by atoms with E-state index in [1.807, 2.05) is 0 Å². The Hall–Kier alpha value is -1.34. The minimum Gasteiger partial charge on any atom is -0.374 e. The smallest absolute Gasteiger partial charge is 0.340 e. The van der Waals surface area contributed by atoms with Crippen molar-refractivity contribution >= 4 is 17.4 Å². The Balaban J connectivity index is 2.33. The Morgan fingerprint density at radius 3 is 2.47 bits per heavy atom. The van der Waals surface area contributed by atoms with E-state index in [1.165, 1.54) is 20.2 Å². The van der Waals surface area contributed by atoms with Crippen LogP contribution in [-0.2, 0) is 28.6 Å². The highest BCUT2D eigenvalue weighted by Gasteiger charge is 2.47. The standard InChI is InChI=1S/C16H27N2O10PS/c1-9(2)27-12-11(5-6-30(24,25)8-29(21,22)23)28-15(13(12)26-4)18-7-10(3)14(19)17-16(18)20/h7,9,11-13,15H,5-6,8H2,1-4H3,(H,17,19,20)(H2,21,22,23)/t11-,12-,13-,15-/m1/s1. The predicted octanol–water partition coefficient (Wildman–Crippen LogP) is -0.509. The monoisotopic (exact) mass is 470 g/mol. The van der Waals surface area contributed by atoms with Gasteiger partial charge in [-0.15, -0.1) is 0 Å². The summed E-state index contributed by atoms with van der Waals surface area (Å²) in [6.07, 6.45) is -2.50. The van der Waals surface area contributed by atoms with Crippen molar-refractivity contribution in [2.45, 2.75) is 57.8 Å². The highest BCUT2D eigenvalue weighted by atomic mass is 32.2. The van der Waals surface area contributed by atoms with Gasteiger partial charge in [-0.3, -0.25) is 18.9 Å². The zero-order valence-corrected chi connectivity index (χ0v) is 18.8. The summed E-state index contributed by atoms with van der Waals surface area (Å²) in [5.74, 6) is -0.552. The summed E-state index contributed by atoms with van der Waals surface area (Å²) in [4.78, 5) is 44.0. The third-order valence-corrected chi connectivity index (χ3v) is 8.26. The van der Waals surface area contributed by atoms with Gasteiger partial charge in [-0.05, 0) is 27.2 Å². The van der Waals surface area contributed by atoms with Crippen LogP contribution in [0.3, 0.4) is 0 Å². The first-order valence-corrected chi connectivity index (χ1v) is 12.8. The van der Waals surface area contributed by atoms with Crippen molar-refractivity contribution in [1.82, 2.24) is 9.55 Å². The lowest BCUT2D eigenvalue weighted by atomic mass is 10.1. The SMILES string of the molecule is CO[C@@H]1[C@H](OC(C)C)[C@@H](CCS(=O)(=O)CP(=O)(O)O)O[C@H]1n1cc(C)c(=O)[nH]c1=O. The number of ether oxygens (including phenoxy) is 3. The maximum atomic E-state index is 12.3. The van der Waals surface area contributed by atoms with Crippen molar-refractivity contribution in [3.05, 3.63) is 32.6 Å². The van der Waals surface area contributed by atoms with E-state index in [9.17, 15) is 22.6 Å². The molecule has 1 aliphatic rings. The molecule has 30 heavy (non-hydrogen) atoms. The Morgan fingerprint density at radius 2 is 1.93 bits per heavy atom. The molecule has 2 heterocycles. The summed E-state index contributed by atoms with van der Waals surface area (Å²) in [6, 6.07) is 0. The second kappa shape index (κ2) is 9.43. The number of nitrogens with zero attached hydrogens (tertiary/aromatic N) is 1. The van der Waals surface area contributed by atoms with Crippen molar-refractivity contribution in [1.29, 1.82) is 0 Å². The molecule has 172 valence electrons. The predicted molar refractivity (Wildman–Crippen MR) is 106 cm³/mol. The van der Waals surface area contributed by atoms with Crippen LogP contribution in [0.4, 0.5) is 0 Å². The van der Waals surface area contributed by atoms with Crippen molar-refractivity contribution < 1.29 is 37.0 Å². The van der Waals surface area contributed by atoms with E-state index in [0.717, 1.165) is 4.57 Å². The van der Waals surface area contributed by atoms with Gasteiger partial charge in [0.15, 0.2) is 21.6 Å². The van der Waals surface area contributed by atoms with E-state index in [-0.39, 0.29) is 18.1 Å². The Morgan fingerprint density at radius 1 is 1.30 bits per heavy atom. The molecule has 1 aromatic rings. The molecule has 0 amide bonds. The number of H-pyrrole nitrogens is 1. The molecule has 1 aromatic heterocycles. The number of aromatic amines is 1. The normalized spacial score (nSPS) is 25.2. The molecular formula is C16H27N2O10PS. The molecule has 4 atom stereocenters. The van der Waals surface area contributed by atoms with E-state index >= 15 is 0 Å². The molecule has 1 saturated heterocycles. The summed E-state index contributed by atoms with van der Waals surface area (Å²) < 4.78 is 53.5. The number of rotatable bonds is 9. The topological polar surface area (TPSA) is 174 Å². The lowest BCUT2D eigenvalue weighted by Gasteiger charge is -2.25. The fraction of sp³-hybridized carbons (Fsp3) is 0.750. The van der Waals surface area contributed by atoms with Crippen molar-refractivity contribution in [2.75, 3.05) is 18.4 Å². The molecule has 0 bridgehead atoms. The number of hydrogen-bond donors (Lipinski definition) is 3. The highest BCUT2D eigenvalue weighted by Crippen LogP contribution is 2.38. The molecule has 14 heteroatoms. The van der Waals surface area contributed by atoms with E-state index in [2.05, 4.69) is 4.98 Å². The molecule has 0 saturated carbocycles. The van der Waals surface area contributed by atoms with Crippen molar-refractivity contribution in [2.24, 2.45) is 0 Å². The van der Waals surface area contributed by atoms with Crippen molar-refractivity contribution in [3.8, 4) is 0 Å². The molecule has 12 nitrogen and oxygen atoms in total. The molecule has 1 aliphatic heterocycles. The first kappa shape index (κ1) is 24.9. The molecule has 0 spiro atoms. The quantitative estimate of drug-likeness (QED) is 0.399. The van der Waals surface area contributed by atoms with Crippen LogP contribution in [0.2, 0.25) is 0 Å². The van der Waals surface area contributed by atoms with E-state index < -0.39 is 64.5 Å². The van der Waals surface area contributed by atoms with Crippen LogP contribution in [0.5, 0.6) is 0 Å². The summed E-state index contributed by atoms with van der Waals surface area (Å²) >= 11 is 0. The van der Waals surface area contributed by atoms with Gasteiger partial charge in [-0.2, -0.15) is 0 Å². The fourth-order valence-corrected chi connectivity index (χ4v) is 6.44. The van der Waals surface area contributed by atoms with Crippen LogP contribution < -0.4 is 11.2 Å². The third-order valence-electron chi connectivity index (χ3n) is 4.49. The summed E-state index contributed by atoms with van der Waals surface area (Å²) in [5.41, 5.74) is -2.27. The van der Waals surface area contributed by atoms with Gasteiger partial charge in [-0.1, -0.05) is 0 Å². The Labute approximate surface area is 173 Å². The summed E-state index contributed by atoms with van der Waals surface area (Å²) in [5, 5.41) is 0. The van der Waals surface area contributed by atoms with E-state index in [0.29, 0.717) is 0 Å². The lowest BCUT2D eigenvalue weighted by molar-refractivity contribution is -0.0791. The number of aryl methyl sites for hydroxylation is 1. The minimum atomic E-state index is -4.74. The third kappa shape index (κ3) is 6.33. The number of methoxy groups -OCH3 is 1.